The number of nitrogens with one attached hydrogen (secondary N) is 1. The molecule has 0 aliphatic rings. The average Bonchev–Trinajstić information content (AvgIpc) is 3.09. The molecule has 0 aromatic carbocycles. The summed E-state index contributed by atoms with van der Waals surface area (Å²) in [6.45, 7) is 3.10. The van der Waals surface area contributed by atoms with Gasteiger partial charge in [-0.05, 0) is 41.4 Å². The molecule has 0 spiro atoms. The van der Waals surface area contributed by atoms with Crippen LogP contribution in [0.5, 0.6) is 0 Å². The number of aryl methyl sites for hydroxylation is 2. The van der Waals surface area contributed by atoms with Gasteiger partial charge in [-0.2, -0.15) is 5.10 Å². The van der Waals surface area contributed by atoms with Crippen LogP contribution in [0.15, 0.2) is 33.3 Å². The van der Waals surface area contributed by atoms with Gasteiger partial charge >= 0.3 is 5.88 Å². The monoisotopic (exact) mass is 382 g/mol. The van der Waals surface area contributed by atoms with E-state index in [4.69, 9.17) is 4.42 Å². The Hall–Kier alpha value is -2.42. The van der Waals surface area contributed by atoms with Gasteiger partial charge in [0.05, 0.1) is 16.2 Å². The molecule has 1 N–H and O–H groups in total. The van der Waals surface area contributed by atoms with Crippen molar-refractivity contribution in [3.8, 4) is 0 Å². The van der Waals surface area contributed by atoms with E-state index in [0.29, 0.717) is 13.1 Å². The number of aromatic nitrogens is 2. The second kappa shape index (κ2) is 7.73. The van der Waals surface area contributed by atoms with E-state index in [-0.39, 0.29) is 17.6 Å². The second-order valence-corrected chi connectivity index (χ2v) is 5.59. The van der Waals surface area contributed by atoms with Crippen LogP contribution < -0.4 is 5.32 Å². The lowest BCUT2D eigenvalue weighted by Gasteiger charge is -2.02. The minimum Gasteiger partial charge on any atom is -0.401 e. The van der Waals surface area contributed by atoms with Crippen molar-refractivity contribution in [1.82, 2.24) is 15.1 Å². The van der Waals surface area contributed by atoms with E-state index < -0.39 is 4.92 Å². The van der Waals surface area contributed by atoms with Gasteiger partial charge in [-0.15, -0.1) is 0 Å². The molecule has 2 rings (SSSR count). The normalized spacial score (nSPS) is 11.0. The first-order valence-electron chi connectivity index (χ1n) is 6.85. The quantitative estimate of drug-likeness (QED) is 0.343. The largest absolute Gasteiger partial charge is 0.433 e. The zero-order chi connectivity index (χ0) is 16.8. The van der Waals surface area contributed by atoms with Crippen molar-refractivity contribution in [3.63, 3.8) is 0 Å². The Morgan fingerprint density at radius 1 is 1.57 bits per heavy atom. The molecule has 0 saturated heterocycles. The Morgan fingerprint density at radius 3 is 2.96 bits per heavy atom. The molecule has 0 bridgehead atoms. The van der Waals surface area contributed by atoms with Gasteiger partial charge < -0.3 is 9.73 Å². The lowest BCUT2D eigenvalue weighted by atomic mass is 10.3. The number of hydrogen-bond donors (Lipinski definition) is 1. The standard InChI is InChI=1S/C14H15BrN4O4/c1-10-12(15)9-18(17-10)8-2-7-16-13(20)5-3-11-4-6-14(23-11)19(21)22/h3-6,9H,2,7-8H2,1H3,(H,16,20)/b5-3+. The number of amides is 1. The lowest BCUT2D eigenvalue weighted by molar-refractivity contribution is -0.402. The third-order valence-corrected chi connectivity index (χ3v) is 3.72. The molecule has 122 valence electrons. The fourth-order valence-corrected chi connectivity index (χ4v) is 2.12. The van der Waals surface area contributed by atoms with Gasteiger partial charge in [-0.3, -0.25) is 19.6 Å². The van der Waals surface area contributed by atoms with Gasteiger partial charge in [-0.25, -0.2) is 0 Å². The molecule has 8 nitrogen and oxygen atoms in total. The summed E-state index contributed by atoms with van der Waals surface area (Å²) in [5.41, 5.74) is 0.921. The van der Waals surface area contributed by atoms with Gasteiger partial charge in [0.25, 0.3) is 0 Å². The van der Waals surface area contributed by atoms with Gasteiger partial charge in [0.2, 0.25) is 5.91 Å². The van der Waals surface area contributed by atoms with E-state index >= 15 is 0 Å². The van der Waals surface area contributed by atoms with Crippen LogP contribution in [0.1, 0.15) is 17.9 Å². The van der Waals surface area contributed by atoms with Crippen molar-refractivity contribution in [2.75, 3.05) is 6.54 Å². The number of halogens is 1. The fourth-order valence-electron chi connectivity index (χ4n) is 1.81. The maximum absolute atomic E-state index is 11.6. The predicted molar refractivity (Wildman–Crippen MR) is 86.7 cm³/mol. The lowest BCUT2D eigenvalue weighted by Crippen LogP contribution is -2.23. The molecule has 2 aromatic rings. The molecule has 0 aliphatic heterocycles. The van der Waals surface area contributed by atoms with Crippen LogP contribution in [0.4, 0.5) is 5.88 Å². The van der Waals surface area contributed by atoms with E-state index in [9.17, 15) is 14.9 Å². The first-order chi connectivity index (χ1) is 11.0. The zero-order valence-corrected chi connectivity index (χ0v) is 13.9. The van der Waals surface area contributed by atoms with E-state index in [1.165, 1.54) is 24.3 Å². The van der Waals surface area contributed by atoms with Crippen LogP contribution >= 0.6 is 15.9 Å². The second-order valence-electron chi connectivity index (χ2n) is 4.74. The Kier molecular flexibility index (Phi) is 5.69. The maximum atomic E-state index is 11.6. The van der Waals surface area contributed by atoms with Gasteiger partial charge in [0.15, 0.2) is 0 Å². The van der Waals surface area contributed by atoms with Crippen molar-refractivity contribution in [2.24, 2.45) is 0 Å². The molecule has 0 atom stereocenters. The van der Waals surface area contributed by atoms with Crippen molar-refractivity contribution < 1.29 is 14.1 Å². The third kappa shape index (κ3) is 5.06. The zero-order valence-electron chi connectivity index (χ0n) is 12.4. The van der Waals surface area contributed by atoms with E-state index in [2.05, 4.69) is 26.3 Å². The Bertz CT molecular complexity index is 715. The van der Waals surface area contributed by atoms with E-state index in [0.717, 1.165) is 16.6 Å². The topological polar surface area (TPSA) is 103 Å². The number of furan rings is 1. The molecule has 0 fully saturated rings. The summed E-state index contributed by atoms with van der Waals surface area (Å²) >= 11 is 3.39. The fraction of sp³-hybridized carbons (Fsp3) is 0.286. The first kappa shape index (κ1) is 16.9. The molecule has 1 amide bonds. The van der Waals surface area contributed by atoms with E-state index in [1.54, 1.807) is 0 Å². The highest BCUT2D eigenvalue weighted by atomic mass is 79.9. The molecule has 2 heterocycles. The number of hydrogen-bond acceptors (Lipinski definition) is 5. The number of nitrogens with zero attached hydrogens (tertiary/aromatic N) is 3. The summed E-state index contributed by atoms with van der Waals surface area (Å²) in [6, 6.07) is 2.67. The van der Waals surface area contributed by atoms with Crippen LogP contribution in [0.2, 0.25) is 0 Å². The van der Waals surface area contributed by atoms with Crippen LogP contribution in [0.3, 0.4) is 0 Å². The third-order valence-electron chi connectivity index (χ3n) is 2.94. The summed E-state index contributed by atoms with van der Waals surface area (Å²) < 4.78 is 7.68. The van der Waals surface area contributed by atoms with Crippen LogP contribution in [-0.4, -0.2) is 27.2 Å². The number of nitro groups is 1. The van der Waals surface area contributed by atoms with Gasteiger partial charge in [0, 0.05) is 25.4 Å². The highest BCUT2D eigenvalue weighted by Crippen LogP contribution is 2.16. The first-order valence-corrected chi connectivity index (χ1v) is 7.64. The minimum absolute atomic E-state index is 0.253. The predicted octanol–water partition coefficient (Wildman–Crippen LogP) is 2.67. The van der Waals surface area contributed by atoms with Crippen molar-refractivity contribution in [3.05, 3.63) is 50.4 Å². The summed E-state index contributed by atoms with van der Waals surface area (Å²) in [4.78, 5) is 21.5. The highest BCUT2D eigenvalue weighted by molar-refractivity contribution is 9.10. The van der Waals surface area contributed by atoms with Crippen LogP contribution in [-0.2, 0) is 11.3 Å². The Balaban J connectivity index is 1.72. The average molecular weight is 383 g/mol. The SMILES string of the molecule is Cc1nn(CCCNC(=O)/C=C/c2ccc([N+](=O)[O-])o2)cc1Br. The molecule has 0 unspecified atom stereocenters. The summed E-state index contributed by atoms with van der Waals surface area (Å²) in [5, 5.41) is 17.5. The van der Waals surface area contributed by atoms with Crippen LogP contribution in [0.25, 0.3) is 6.08 Å². The number of carbonyl (C=O) groups excluding carboxylic acids is 1. The summed E-state index contributed by atoms with van der Waals surface area (Å²) in [6.07, 6.45) is 5.29. The summed E-state index contributed by atoms with van der Waals surface area (Å²) in [5.74, 6) is -0.392. The van der Waals surface area contributed by atoms with Crippen molar-refractivity contribution in [2.45, 2.75) is 19.9 Å². The molecule has 23 heavy (non-hydrogen) atoms. The molecular formula is C14H15BrN4O4. The van der Waals surface area contributed by atoms with Gasteiger partial charge in [0.1, 0.15) is 10.7 Å². The maximum Gasteiger partial charge on any atom is 0.433 e. The van der Waals surface area contributed by atoms with Crippen LogP contribution in [0, 0.1) is 17.0 Å². The minimum atomic E-state index is -0.632. The van der Waals surface area contributed by atoms with Crippen molar-refractivity contribution >= 4 is 33.8 Å². The number of carbonyl (C=O) groups is 1. The highest BCUT2D eigenvalue weighted by Gasteiger charge is 2.10. The number of rotatable bonds is 7. The van der Waals surface area contributed by atoms with E-state index in [1.807, 2.05) is 17.8 Å². The van der Waals surface area contributed by atoms with Gasteiger partial charge in [-0.1, -0.05) is 0 Å². The molecule has 0 saturated carbocycles. The summed E-state index contributed by atoms with van der Waals surface area (Å²) in [7, 11) is 0. The molecular weight excluding hydrogens is 368 g/mol. The molecule has 2 aromatic heterocycles. The molecule has 0 aliphatic carbocycles. The molecule has 9 heteroatoms. The van der Waals surface area contributed by atoms with Crippen molar-refractivity contribution in [1.29, 1.82) is 0 Å². The smallest absolute Gasteiger partial charge is 0.401 e. The Labute approximate surface area is 140 Å². The Morgan fingerprint density at radius 2 is 2.35 bits per heavy atom. The molecule has 0 radical (unpaired) electrons.